The number of hydrogen-bond acceptors (Lipinski definition) is 4. The molecule has 2 aromatic carbocycles. The largest absolute Gasteiger partial charge is 0.304 e. The normalized spacial score (nSPS) is 16.0. The van der Waals surface area contributed by atoms with Gasteiger partial charge in [-0.2, -0.15) is 0 Å². The van der Waals surface area contributed by atoms with Gasteiger partial charge in [0.25, 0.3) is 0 Å². The van der Waals surface area contributed by atoms with Gasteiger partial charge in [-0.05, 0) is 49.1 Å². The van der Waals surface area contributed by atoms with Crippen molar-refractivity contribution in [2.75, 3.05) is 5.43 Å². The van der Waals surface area contributed by atoms with Crippen molar-refractivity contribution in [1.82, 2.24) is 5.43 Å². The van der Waals surface area contributed by atoms with Crippen molar-refractivity contribution in [2.24, 2.45) is 4.99 Å². The molecule has 2 aromatic rings. The molecule has 2 N–H and O–H groups in total. The van der Waals surface area contributed by atoms with Crippen LogP contribution in [0, 0.1) is 0 Å². The summed E-state index contributed by atoms with van der Waals surface area (Å²) in [4.78, 5) is 7.07. The Balaban J connectivity index is 1.72. The van der Waals surface area contributed by atoms with Crippen molar-refractivity contribution in [3.05, 3.63) is 64.7 Å². The number of allylic oxidation sites excluding steroid dienone is 2. The van der Waals surface area contributed by atoms with Crippen LogP contribution >= 0.6 is 11.8 Å². The lowest BCUT2D eigenvalue weighted by molar-refractivity contribution is 0.590. The van der Waals surface area contributed by atoms with E-state index < -0.39 is 0 Å². The van der Waals surface area contributed by atoms with E-state index in [1.807, 2.05) is 6.07 Å². The first-order valence-electron chi connectivity index (χ1n) is 8.50. The quantitative estimate of drug-likeness (QED) is 0.663. The van der Waals surface area contributed by atoms with Gasteiger partial charge in [0.1, 0.15) is 0 Å². The fourth-order valence-corrected chi connectivity index (χ4v) is 3.66. The SMILES string of the molecule is CC1=Nc2ccccc2SC1=C(C)NNc1ccc(C(C)(C)C)cc1. The third-order valence-electron chi connectivity index (χ3n) is 4.18. The Bertz CT molecular complexity index is 827. The van der Waals surface area contributed by atoms with Crippen LogP contribution < -0.4 is 10.9 Å². The van der Waals surface area contributed by atoms with Crippen molar-refractivity contribution in [1.29, 1.82) is 0 Å². The number of rotatable bonds is 3. The molecule has 0 spiro atoms. The highest BCUT2D eigenvalue weighted by molar-refractivity contribution is 8.04. The number of aliphatic imine (C=N–C) groups is 1. The van der Waals surface area contributed by atoms with Gasteiger partial charge >= 0.3 is 0 Å². The number of fused-ring (bicyclic) bond motifs is 1. The molecule has 1 aliphatic rings. The van der Waals surface area contributed by atoms with Crippen molar-refractivity contribution in [3.63, 3.8) is 0 Å². The van der Waals surface area contributed by atoms with Crippen LogP contribution in [0.4, 0.5) is 11.4 Å². The second-order valence-corrected chi connectivity index (χ2v) is 8.35. The molecule has 0 saturated heterocycles. The third-order valence-corrected chi connectivity index (χ3v) is 5.55. The van der Waals surface area contributed by atoms with Gasteiger partial charge in [-0.1, -0.05) is 56.8 Å². The molecule has 0 fully saturated rings. The van der Waals surface area contributed by atoms with E-state index in [-0.39, 0.29) is 5.41 Å². The molecule has 0 atom stereocenters. The van der Waals surface area contributed by atoms with Crippen LogP contribution in [0.3, 0.4) is 0 Å². The second-order valence-electron chi connectivity index (χ2n) is 7.30. The summed E-state index contributed by atoms with van der Waals surface area (Å²) in [7, 11) is 0. The highest BCUT2D eigenvalue weighted by Gasteiger charge is 2.17. The highest BCUT2D eigenvalue weighted by atomic mass is 32.2. The number of thioether (sulfide) groups is 1. The summed E-state index contributed by atoms with van der Waals surface area (Å²) in [5.41, 5.74) is 12.3. The van der Waals surface area contributed by atoms with E-state index in [0.29, 0.717) is 0 Å². The molecule has 0 saturated carbocycles. The number of anilines is 1. The first kappa shape index (κ1) is 17.6. The van der Waals surface area contributed by atoms with Crippen molar-refractivity contribution in [3.8, 4) is 0 Å². The highest BCUT2D eigenvalue weighted by Crippen LogP contribution is 2.40. The van der Waals surface area contributed by atoms with Gasteiger partial charge in [0.2, 0.25) is 0 Å². The molecule has 0 aromatic heterocycles. The number of nitrogens with one attached hydrogen (secondary N) is 2. The topological polar surface area (TPSA) is 36.4 Å². The summed E-state index contributed by atoms with van der Waals surface area (Å²) in [6.07, 6.45) is 0. The van der Waals surface area contributed by atoms with Crippen molar-refractivity contribution in [2.45, 2.75) is 44.9 Å². The fourth-order valence-electron chi connectivity index (χ4n) is 2.68. The Morgan fingerprint density at radius 1 is 1.00 bits per heavy atom. The maximum atomic E-state index is 4.71. The molecule has 3 rings (SSSR count). The van der Waals surface area contributed by atoms with Crippen LogP contribution in [0.5, 0.6) is 0 Å². The average molecular weight is 352 g/mol. The second kappa shape index (κ2) is 6.96. The Kier molecular flexibility index (Phi) is 4.91. The molecular weight excluding hydrogens is 326 g/mol. The molecule has 0 radical (unpaired) electrons. The molecule has 4 heteroatoms. The van der Waals surface area contributed by atoms with Gasteiger partial charge in [-0.3, -0.25) is 4.99 Å². The maximum Gasteiger partial charge on any atom is 0.0772 e. The summed E-state index contributed by atoms with van der Waals surface area (Å²) >= 11 is 1.76. The van der Waals surface area contributed by atoms with Crippen LogP contribution in [0.25, 0.3) is 0 Å². The molecule has 0 unspecified atom stereocenters. The Morgan fingerprint density at radius 2 is 1.68 bits per heavy atom. The lowest BCUT2D eigenvalue weighted by Crippen LogP contribution is -2.22. The minimum Gasteiger partial charge on any atom is -0.304 e. The standard InChI is InChI=1S/C21H25N3S/c1-14-20(25-19-9-7-6-8-18(19)22-14)15(2)23-24-17-12-10-16(11-13-17)21(3,4)5/h6-13,23-24H,1-5H3. The average Bonchev–Trinajstić information content (AvgIpc) is 2.58. The first-order valence-corrected chi connectivity index (χ1v) is 9.32. The Labute approximate surface area is 154 Å². The van der Waals surface area contributed by atoms with E-state index in [4.69, 9.17) is 4.99 Å². The minimum atomic E-state index is 0.170. The third kappa shape index (κ3) is 4.07. The van der Waals surface area contributed by atoms with E-state index in [0.717, 1.165) is 27.7 Å². The predicted octanol–water partition coefficient (Wildman–Crippen LogP) is 6.03. The summed E-state index contributed by atoms with van der Waals surface area (Å²) in [5, 5.41) is 0. The smallest absolute Gasteiger partial charge is 0.0772 e. The summed E-state index contributed by atoms with van der Waals surface area (Å²) in [5.74, 6) is 0. The number of hydrogen-bond donors (Lipinski definition) is 2. The van der Waals surface area contributed by atoms with Crippen molar-refractivity contribution < 1.29 is 0 Å². The zero-order chi connectivity index (χ0) is 18.0. The molecule has 0 bridgehead atoms. The van der Waals surface area contributed by atoms with E-state index in [2.05, 4.69) is 87.9 Å². The van der Waals surface area contributed by atoms with Gasteiger partial charge in [-0.15, -0.1) is 0 Å². The van der Waals surface area contributed by atoms with Crippen LogP contribution in [-0.2, 0) is 5.41 Å². The molecule has 0 aliphatic carbocycles. The van der Waals surface area contributed by atoms with Gasteiger partial charge < -0.3 is 10.9 Å². The number of hydrazine groups is 1. The summed E-state index contributed by atoms with van der Waals surface area (Å²) < 4.78 is 0. The van der Waals surface area contributed by atoms with Gasteiger partial charge in [-0.25, -0.2) is 0 Å². The number of nitrogens with zero attached hydrogens (tertiary/aromatic N) is 1. The predicted molar refractivity (Wildman–Crippen MR) is 110 cm³/mol. The molecule has 130 valence electrons. The Hall–Kier alpha value is -2.20. The first-order chi connectivity index (χ1) is 11.8. The van der Waals surface area contributed by atoms with Crippen LogP contribution in [0.2, 0.25) is 0 Å². The molecule has 1 heterocycles. The van der Waals surface area contributed by atoms with E-state index in [1.165, 1.54) is 10.5 Å². The maximum absolute atomic E-state index is 4.71. The molecule has 3 nitrogen and oxygen atoms in total. The van der Waals surface area contributed by atoms with E-state index in [9.17, 15) is 0 Å². The molecular formula is C21H25N3S. The monoisotopic (exact) mass is 351 g/mol. The van der Waals surface area contributed by atoms with Gasteiger partial charge in [0, 0.05) is 10.6 Å². The molecule has 0 amide bonds. The van der Waals surface area contributed by atoms with Crippen LogP contribution in [-0.4, -0.2) is 5.71 Å². The lowest BCUT2D eigenvalue weighted by atomic mass is 9.87. The number of benzene rings is 2. The zero-order valence-corrected chi connectivity index (χ0v) is 16.3. The van der Waals surface area contributed by atoms with Gasteiger partial charge in [0.05, 0.1) is 22.0 Å². The Morgan fingerprint density at radius 3 is 2.36 bits per heavy atom. The lowest BCUT2D eigenvalue weighted by Gasteiger charge is -2.21. The van der Waals surface area contributed by atoms with Crippen LogP contribution in [0.1, 0.15) is 40.2 Å². The molecule has 25 heavy (non-hydrogen) atoms. The van der Waals surface area contributed by atoms with Crippen LogP contribution in [0.15, 0.2) is 69.0 Å². The zero-order valence-electron chi connectivity index (χ0n) is 15.5. The van der Waals surface area contributed by atoms with Crippen molar-refractivity contribution >= 4 is 28.8 Å². The minimum absolute atomic E-state index is 0.170. The fraction of sp³-hybridized carbons (Fsp3) is 0.286. The summed E-state index contributed by atoms with van der Waals surface area (Å²) in [6.45, 7) is 10.8. The summed E-state index contributed by atoms with van der Waals surface area (Å²) in [6, 6.07) is 16.8. The van der Waals surface area contributed by atoms with E-state index >= 15 is 0 Å². The molecule has 1 aliphatic heterocycles. The number of para-hydroxylation sites is 1. The van der Waals surface area contributed by atoms with E-state index in [1.54, 1.807) is 11.8 Å². The van der Waals surface area contributed by atoms with Gasteiger partial charge in [0.15, 0.2) is 0 Å².